The number of nitrogens with one attached hydrogen (secondary N) is 1. The van der Waals surface area contributed by atoms with Crippen molar-refractivity contribution in [1.29, 1.82) is 0 Å². The summed E-state index contributed by atoms with van der Waals surface area (Å²) in [4.78, 5) is 12.4. The normalized spacial score (nSPS) is 23.7. The molecule has 5 heteroatoms. The molecule has 2 atom stereocenters. The van der Waals surface area contributed by atoms with Gasteiger partial charge in [-0.05, 0) is 31.5 Å². The van der Waals surface area contributed by atoms with E-state index in [9.17, 15) is 9.18 Å². The molecule has 0 bridgehead atoms. The molecule has 1 amide bonds. The number of carbonyl (C=O) groups is 1. The molecule has 0 aromatic heterocycles. The molecule has 1 heterocycles. The Morgan fingerprint density at radius 1 is 1.59 bits per heavy atom. The maximum Gasteiger partial charge on any atom is 0.254 e. The molecule has 0 aliphatic carbocycles. The van der Waals surface area contributed by atoms with Gasteiger partial charge in [0.25, 0.3) is 5.91 Å². The van der Waals surface area contributed by atoms with E-state index in [1.54, 1.807) is 0 Å². The lowest BCUT2D eigenvalue weighted by atomic mass is 10.1. The fourth-order valence-corrected chi connectivity index (χ4v) is 2.06. The number of rotatable bonds is 2. The molecule has 1 aliphatic heterocycles. The fraction of sp³-hybridized carbons (Fsp3) is 0.417. The summed E-state index contributed by atoms with van der Waals surface area (Å²) >= 11 is 4.09. The summed E-state index contributed by atoms with van der Waals surface area (Å²) in [5.74, 6) is -0.951. The topological polar surface area (TPSA) is 38.3 Å². The predicted octanol–water partition coefficient (Wildman–Crippen LogP) is 2.02. The summed E-state index contributed by atoms with van der Waals surface area (Å²) in [5.41, 5.74) is 0.0246. The minimum absolute atomic E-state index is 0.0246. The van der Waals surface area contributed by atoms with Gasteiger partial charge in [-0.25, -0.2) is 4.39 Å². The lowest BCUT2D eigenvalue weighted by Gasteiger charge is -2.16. The van der Waals surface area contributed by atoms with Crippen LogP contribution in [0.1, 0.15) is 23.7 Å². The van der Waals surface area contributed by atoms with E-state index in [0.29, 0.717) is 11.5 Å². The lowest BCUT2D eigenvalue weighted by molar-refractivity contribution is 0.0862. The lowest BCUT2D eigenvalue weighted by Crippen LogP contribution is -2.39. The Morgan fingerprint density at radius 2 is 2.35 bits per heavy atom. The van der Waals surface area contributed by atoms with Gasteiger partial charge in [0.05, 0.1) is 17.7 Å². The highest BCUT2D eigenvalue weighted by Crippen LogP contribution is 2.16. The number of hydrogen-bond donors (Lipinski definition) is 2. The van der Waals surface area contributed by atoms with Crippen LogP contribution < -0.4 is 5.32 Å². The van der Waals surface area contributed by atoms with Crippen molar-refractivity contribution in [1.82, 2.24) is 5.32 Å². The molecular weight excluding hydrogens is 241 g/mol. The fourth-order valence-electron chi connectivity index (χ4n) is 1.85. The van der Waals surface area contributed by atoms with Crippen LogP contribution in [0.3, 0.4) is 0 Å². The van der Waals surface area contributed by atoms with Gasteiger partial charge < -0.3 is 10.1 Å². The number of thiol groups is 1. The zero-order chi connectivity index (χ0) is 12.4. The van der Waals surface area contributed by atoms with E-state index in [1.807, 2.05) is 6.92 Å². The summed E-state index contributed by atoms with van der Waals surface area (Å²) < 4.78 is 18.8. The van der Waals surface area contributed by atoms with Gasteiger partial charge in [-0.15, -0.1) is 12.6 Å². The molecule has 2 rings (SSSR count). The Labute approximate surface area is 105 Å². The van der Waals surface area contributed by atoms with Gasteiger partial charge in [-0.3, -0.25) is 4.79 Å². The average Bonchev–Trinajstić information content (AvgIpc) is 2.68. The molecule has 1 aromatic rings. The smallest absolute Gasteiger partial charge is 0.254 e. The van der Waals surface area contributed by atoms with E-state index in [4.69, 9.17) is 4.74 Å². The largest absolute Gasteiger partial charge is 0.376 e. The maximum absolute atomic E-state index is 13.5. The average molecular weight is 255 g/mol. The molecule has 1 aromatic carbocycles. The van der Waals surface area contributed by atoms with Gasteiger partial charge in [0.1, 0.15) is 5.82 Å². The van der Waals surface area contributed by atoms with Gasteiger partial charge in [-0.1, -0.05) is 0 Å². The quantitative estimate of drug-likeness (QED) is 0.794. The van der Waals surface area contributed by atoms with Crippen molar-refractivity contribution in [2.45, 2.75) is 30.4 Å². The van der Waals surface area contributed by atoms with Crippen molar-refractivity contribution in [3.05, 3.63) is 29.6 Å². The minimum atomic E-state index is -0.535. The number of benzene rings is 1. The Bertz CT molecular complexity index is 439. The van der Waals surface area contributed by atoms with Crippen LogP contribution >= 0.6 is 12.6 Å². The minimum Gasteiger partial charge on any atom is -0.376 e. The van der Waals surface area contributed by atoms with Gasteiger partial charge in [0.2, 0.25) is 0 Å². The van der Waals surface area contributed by atoms with Gasteiger partial charge in [0, 0.05) is 11.5 Å². The Hall–Kier alpha value is -1.07. The monoisotopic (exact) mass is 255 g/mol. The predicted molar refractivity (Wildman–Crippen MR) is 64.9 cm³/mol. The second-order valence-corrected chi connectivity index (χ2v) is 4.63. The van der Waals surface area contributed by atoms with Crippen LogP contribution in [-0.4, -0.2) is 24.7 Å². The Kier molecular flexibility index (Phi) is 3.69. The van der Waals surface area contributed by atoms with Gasteiger partial charge in [-0.2, -0.15) is 0 Å². The molecule has 2 unspecified atom stereocenters. The number of carbonyl (C=O) groups excluding carboxylic acids is 1. The van der Waals surface area contributed by atoms with Crippen LogP contribution in [0.25, 0.3) is 0 Å². The molecule has 1 N–H and O–H groups in total. The third-order valence-corrected chi connectivity index (χ3v) is 3.17. The summed E-state index contributed by atoms with van der Waals surface area (Å²) in [6.07, 6.45) is 0.732. The number of halogens is 1. The molecule has 0 radical (unpaired) electrons. The molecule has 1 saturated heterocycles. The molecule has 3 nitrogen and oxygen atoms in total. The highest BCUT2D eigenvalue weighted by Gasteiger charge is 2.26. The maximum atomic E-state index is 13.5. The molecule has 1 aliphatic rings. The van der Waals surface area contributed by atoms with Crippen LogP contribution in [0.15, 0.2) is 23.1 Å². The third-order valence-electron chi connectivity index (χ3n) is 2.89. The zero-order valence-corrected chi connectivity index (χ0v) is 10.3. The van der Waals surface area contributed by atoms with Crippen LogP contribution in [0.5, 0.6) is 0 Å². The van der Waals surface area contributed by atoms with E-state index in [1.165, 1.54) is 18.2 Å². The number of hydrogen-bond acceptors (Lipinski definition) is 3. The molecule has 0 saturated carbocycles. The number of amides is 1. The van der Waals surface area contributed by atoms with Crippen LogP contribution in [0, 0.1) is 5.82 Å². The van der Waals surface area contributed by atoms with Crippen molar-refractivity contribution in [2.24, 2.45) is 0 Å². The number of ether oxygens (including phenoxy) is 1. The summed E-state index contributed by atoms with van der Waals surface area (Å²) in [6, 6.07) is 4.13. The molecule has 1 fully saturated rings. The second kappa shape index (κ2) is 5.06. The van der Waals surface area contributed by atoms with E-state index < -0.39 is 11.7 Å². The standard InChI is InChI=1S/C12H14FNO2S/c1-7-11(4-5-16-7)14-12(15)9-6-8(17)2-3-10(9)13/h2-3,6-7,11,17H,4-5H2,1H3,(H,14,15). The van der Waals surface area contributed by atoms with Crippen molar-refractivity contribution in [3.63, 3.8) is 0 Å². The first-order valence-electron chi connectivity index (χ1n) is 5.49. The summed E-state index contributed by atoms with van der Waals surface area (Å²) in [5, 5.41) is 2.78. The van der Waals surface area contributed by atoms with E-state index in [-0.39, 0.29) is 17.7 Å². The van der Waals surface area contributed by atoms with E-state index >= 15 is 0 Å². The van der Waals surface area contributed by atoms with Gasteiger partial charge >= 0.3 is 0 Å². The first-order chi connectivity index (χ1) is 8.08. The van der Waals surface area contributed by atoms with E-state index in [0.717, 1.165) is 6.42 Å². The van der Waals surface area contributed by atoms with Crippen LogP contribution in [0.2, 0.25) is 0 Å². The van der Waals surface area contributed by atoms with Crippen molar-refractivity contribution >= 4 is 18.5 Å². The van der Waals surface area contributed by atoms with Crippen LogP contribution in [0.4, 0.5) is 4.39 Å². The van der Waals surface area contributed by atoms with Crippen molar-refractivity contribution in [2.75, 3.05) is 6.61 Å². The van der Waals surface area contributed by atoms with Crippen molar-refractivity contribution in [3.8, 4) is 0 Å². The summed E-state index contributed by atoms with van der Waals surface area (Å²) in [6.45, 7) is 2.52. The van der Waals surface area contributed by atoms with Crippen molar-refractivity contribution < 1.29 is 13.9 Å². The van der Waals surface area contributed by atoms with E-state index in [2.05, 4.69) is 17.9 Å². The first-order valence-corrected chi connectivity index (χ1v) is 5.93. The highest BCUT2D eigenvalue weighted by molar-refractivity contribution is 7.80. The molecule has 17 heavy (non-hydrogen) atoms. The zero-order valence-electron chi connectivity index (χ0n) is 9.44. The Balaban J connectivity index is 2.11. The third kappa shape index (κ3) is 2.79. The first kappa shape index (κ1) is 12.4. The SMILES string of the molecule is CC1OCCC1NC(=O)c1cc(S)ccc1F. The summed E-state index contributed by atoms with van der Waals surface area (Å²) in [7, 11) is 0. The molecular formula is C12H14FNO2S. The molecule has 92 valence electrons. The highest BCUT2D eigenvalue weighted by atomic mass is 32.1. The second-order valence-electron chi connectivity index (χ2n) is 4.11. The van der Waals surface area contributed by atoms with Crippen LogP contribution in [-0.2, 0) is 4.74 Å². The Morgan fingerprint density at radius 3 is 3.00 bits per heavy atom. The van der Waals surface area contributed by atoms with Gasteiger partial charge in [0.15, 0.2) is 0 Å². The molecule has 0 spiro atoms.